The number of anilines is 1. The summed E-state index contributed by atoms with van der Waals surface area (Å²) in [5.41, 5.74) is 2.98. The number of aliphatic hydroxyl groups is 1. The van der Waals surface area contributed by atoms with Crippen LogP contribution < -0.4 is 21.4 Å². The fraction of sp³-hybridized carbons (Fsp3) is 0.676. The van der Waals surface area contributed by atoms with Crippen LogP contribution in [0.15, 0.2) is 21.3 Å². The summed E-state index contributed by atoms with van der Waals surface area (Å²) in [4.78, 5) is 36.7. The number of carbonyl (C=O) groups excluding carboxylic acids is 2. The van der Waals surface area contributed by atoms with Crippen molar-refractivity contribution in [3.63, 3.8) is 0 Å². The van der Waals surface area contributed by atoms with Crippen LogP contribution in [0.4, 0.5) is 15.3 Å². The third-order valence-electron chi connectivity index (χ3n) is 8.47. The number of ether oxygens (including phenoxy) is 5. The molecule has 0 unspecified atom stereocenters. The zero-order valence-electron chi connectivity index (χ0n) is 28.3. The van der Waals surface area contributed by atoms with Crippen molar-refractivity contribution in [3.05, 3.63) is 28.1 Å². The van der Waals surface area contributed by atoms with Gasteiger partial charge in [-0.1, -0.05) is 77.6 Å². The lowest BCUT2D eigenvalue weighted by atomic mass is 9.89. The summed E-state index contributed by atoms with van der Waals surface area (Å²) in [5, 5.41) is 24.2. The molecule has 3 rings (SSSR count). The summed E-state index contributed by atoms with van der Waals surface area (Å²) < 4.78 is 33.1. The molecule has 13 heteroatoms. The van der Waals surface area contributed by atoms with Crippen LogP contribution in [0.1, 0.15) is 103 Å². The van der Waals surface area contributed by atoms with E-state index >= 15 is 0 Å². The van der Waals surface area contributed by atoms with E-state index in [1.165, 1.54) is 70.6 Å². The number of aryl methyl sites for hydroxylation is 1. The van der Waals surface area contributed by atoms with Crippen LogP contribution in [0.2, 0.25) is 0 Å². The third-order valence-corrected chi connectivity index (χ3v) is 8.47. The number of hydrogen-bond acceptors (Lipinski definition) is 11. The van der Waals surface area contributed by atoms with Crippen molar-refractivity contribution < 1.29 is 47.9 Å². The Labute approximate surface area is 276 Å². The normalized spacial score (nSPS) is 20.6. The van der Waals surface area contributed by atoms with Gasteiger partial charge in [-0.15, -0.1) is 0 Å². The van der Waals surface area contributed by atoms with Gasteiger partial charge in [0.1, 0.15) is 17.4 Å². The minimum Gasteiger partial charge on any atom is -0.505 e. The van der Waals surface area contributed by atoms with Gasteiger partial charge < -0.3 is 44.0 Å². The molecule has 1 fully saturated rings. The molecule has 1 saturated heterocycles. The number of rotatable bonds is 18. The van der Waals surface area contributed by atoms with Crippen LogP contribution in [0.25, 0.3) is 11.0 Å². The second-order valence-electron chi connectivity index (χ2n) is 12.6. The van der Waals surface area contributed by atoms with E-state index in [-0.39, 0.29) is 23.3 Å². The minimum absolute atomic E-state index is 0.00956. The van der Waals surface area contributed by atoms with E-state index < -0.39 is 59.5 Å². The number of carbonyl (C=O) groups is 2. The highest BCUT2D eigenvalue weighted by Crippen LogP contribution is 2.38. The number of methoxy groups -OCH3 is 1. The number of aromatic hydroxyl groups is 1. The molecule has 4 atom stereocenters. The monoisotopic (exact) mass is 664 g/mol. The number of nitrogens with two attached hydrogens (primary N) is 1. The number of amides is 2. The molecule has 2 heterocycles. The molecule has 2 aromatic rings. The standard InChI is InChI=1S/C34H52N2O11/c1-6-7-8-9-10-11-12-13-14-15-16-17-20-43-33(41)36-24-25(37)22-18-19-23(21(2)27(22)45-30(24)39)44-31-26(38)28(46-32(35)40)29(42-5)34(3,4)47-31/h18-19,26,28-29,31,37-38H,6-17,20H2,1-5H3,(H2,35,40)(H,36,41)/t26-,28+,29-,31-/m1/s1. The van der Waals surface area contributed by atoms with Crippen molar-refractivity contribution in [1.82, 2.24) is 0 Å². The first-order chi connectivity index (χ1) is 22.4. The summed E-state index contributed by atoms with van der Waals surface area (Å²) in [6.07, 6.45) is 7.32. The Morgan fingerprint density at radius 2 is 1.60 bits per heavy atom. The highest BCUT2D eigenvalue weighted by molar-refractivity contribution is 5.95. The molecular weight excluding hydrogens is 612 g/mol. The van der Waals surface area contributed by atoms with E-state index in [1.807, 2.05) is 0 Å². The van der Waals surface area contributed by atoms with Crippen LogP contribution in [-0.4, -0.2) is 66.3 Å². The molecule has 13 nitrogen and oxygen atoms in total. The third kappa shape index (κ3) is 10.5. The molecule has 264 valence electrons. The molecule has 1 aromatic carbocycles. The van der Waals surface area contributed by atoms with Crippen molar-refractivity contribution in [1.29, 1.82) is 0 Å². The second-order valence-corrected chi connectivity index (χ2v) is 12.6. The Bertz CT molecular complexity index is 1380. The molecule has 0 spiro atoms. The highest BCUT2D eigenvalue weighted by atomic mass is 16.7. The Kier molecular flexibility index (Phi) is 14.6. The van der Waals surface area contributed by atoms with Crippen LogP contribution >= 0.6 is 0 Å². The quantitative estimate of drug-likeness (QED) is 0.102. The van der Waals surface area contributed by atoms with E-state index in [4.69, 9.17) is 33.8 Å². The van der Waals surface area contributed by atoms with E-state index in [9.17, 15) is 24.6 Å². The van der Waals surface area contributed by atoms with Crippen LogP contribution in [0.3, 0.4) is 0 Å². The first-order valence-corrected chi connectivity index (χ1v) is 16.7. The van der Waals surface area contributed by atoms with Gasteiger partial charge in [0, 0.05) is 12.7 Å². The Hall–Kier alpha value is -3.55. The predicted octanol–water partition coefficient (Wildman–Crippen LogP) is 6.41. The van der Waals surface area contributed by atoms with E-state index in [0.717, 1.165) is 19.3 Å². The van der Waals surface area contributed by atoms with Crippen molar-refractivity contribution in [2.24, 2.45) is 5.73 Å². The fourth-order valence-corrected chi connectivity index (χ4v) is 5.92. The fourth-order valence-electron chi connectivity index (χ4n) is 5.92. The molecular formula is C34H52N2O11. The van der Waals surface area contributed by atoms with Crippen LogP contribution in [0.5, 0.6) is 11.5 Å². The summed E-state index contributed by atoms with van der Waals surface area (Å²) in [6, 6.07) is 2.90. The van der Waals surface area contributed by atoms with E-state index in [1.54, 1.807) is 20.8 Å². The van der Waals surface area contributed by atoms with Crippen molar-refractivity contribution in [3.8, 4) is 11.5 Å². The SMILES string of the molecule is CCCCCCCCCCCCCCOC(=O)Nc1c(O)c2ccc(O[C@@H]3OC(C)(C)[C@H](OC)[C@@H](OC(N)=O)[C@H]3O)c(C)c2oc1=O. The largest absolute Gasteiger partial charge is 0.505 e. The number of hydrogen-bond donors (Lipinski definition) is 4. The van der Waals surface area contributed by atoms with Gasteiger partial charge >= 0.3 is 17.8 Å². The summed E-state index contributed by atoms with van der Waals surface area (Å²) in [5.74, 6) is -0.350. The number of fused-ring (bicyclic) bond motifs is 1. The molecule has 0 bridgehead atoms. The molecule has 0 radical (unpaired) electrons. The number of aliphatic hydroxyl groups excluding tert-OH is 1. The zero-order valence-corrected chi connectivity index (χ0v) is 28.3. The minimum atomic E-state index is -1.50. The number of nitrogens with one attached hydrogen (secondary N) is 1. The first kappa shape index (κ1) is 37.9. The van der Waals surface area contributed by atoms with E-state index in [0.29, 0.717) is 12.0 Å². The smallest absolute Gasteiger partial charge is 0.411 e. The topological polar surface area (TPSA) is 189 Å². The van der Waals surface area contributed by atoms with Gasteiger partial charge in [0.25, 0.3) is 0 Å². The first-order valence-electron chi connectivity index (χ1n) is 16.7. The van der Waals surface area contributed by atoms with Gasteiger partial charge in [0.15, 0.2) is 23.6 Å². The average molecular weight is 665 g/mol. The Balaban J connectivity index is 1.55. The number of primary amides is 1. The van der Waals surface area contributed by atoms with Gasteiger partial charge in [-0.05, 0) is 39.3 Å². The molecule has 1 aromatic heterocycles. The van der Waals surface area contributed by atoms with Gasteiger partial charge in [0.05, 0.1) is 17.6 Å². The van der Waals surface area contributed by atoms with Gasteiger partial charge in [0.2, 0.25) is 6.29 Å². The molecule has 47 heavy (non-hydrogen) atoms. The second kappa shape index (κ2) is 18.1. The van der Waals surface area contributed by atoms with Crippen LogP contribution in [0, 0.1) is 6.92 Å². The molecule has 0 saturated carbocycles. The summed E-state index contributed by atoms with van der Waals surface area (Å²) in [6.45, 7) is 7.33. The van der Waals surface area contributed by atoms with Gasteiger partial charge in [-0.2, -0.15) is 0 Å². The van der Waals surface area contributed by atoms with Crippen molar-refractivity contribution >= 4 is 28.8 Å². The maximum absolute atomic E-state index is 12.8. The predicted molar refractivity (Wildman–Crippen MR) is 176 cm³/mol. The van der Waals surface area contributed by atoms with Crippen LogP contribution in [-0.2, 0) is 18.9 Å². The Morgan fingerprint density at radius 3 is 2.17 bits per heavy atom. The van der Waals surface area contributed by atoms with E-state index in [2.05, 4.69) is 12.2 Å². The average Bonchev–Trinajstić information content (AvgIpc) is 3.01. The summed E-state index contributed by atoms with van der Waals surface area (Å²) >= 11 is 0. The lowest BCUT2D eigenvalue weighted by molar-refractivity contribution is -0.304. The molecule has 5 N–H and O–H groups in total. The van der Waals surface area contributed by atoms with Crippen molar-refractivity contribution in [2.45, 2.75) is 135 Å². The number of unbranched alkanes of at least 4 members (excludes halogenated alkanes) is 11. The lowest BCUT2D eigenvalue weighted by Crippen LogP contribution is -2.65. The van der Waals surface area contributed by atoms with Crippen molar-refractivity contribution in [2.75, 3.05) is 19.0 Å². The van der Waals surface area contributed by atoms with Gasteiger partial charge in [-0.25, -0.2) is 14.4 Å². The Morgan fingerprint density at radius 1 is 1.00 bits per heavy atom. The molecule has 1 aliphatic heterocycles. The lowest BCUT2D eigenvalue weighted by Gasteiger charge is -2.47. The maximum Gasteiger partial charge on any atom is 0.411 e. The summed E-state index contributed by atoms with van der Waals surface area (Å²) in [7, 11) is 1.38. The molecule has 0 aliphatic carbocycles. The maximum atomic E-state index is 12.8. The van der Waals surface area contributed by atoms with Gasteiger partial charge in [-0.3, -0.25) is 5.32 Å². The molecule has 1 aliphatic rings. The number of benzene rings is 1. The molecule has 2 amide bonds. The highest BCUT2D eigenvalue weighted by Gasteiger charge is 2.53. The zero-order chi connectivity index (χ0) is 34.6.